The molecule has 0 aromatic carbocycles. The Labute approximate surface area is 94.0 Å². The van der Waals surface area contributed by atoms with Gasteiger partial charge in [-0.25, -0.2) is 4.98 Å². The van der Waals surface area contributed by atoms with Crippen LogP contribution in [0.5, 0.6) is 0 Å². The number of fused-ring (bicyclic) bond motifs is 1. The van der Waals surface area contributed by atoms with E-state index in [9.17, 15) is 10.1 Å². The number of hydrogen-bond donors (Lipinski definition) is 0. The zero-order valence-corrected chi connectivity index (χ0v) is 9.56. The van der Waals surface area contributed by atoms with Crippen molar-refractivity contribution in [3.8, 4) is 0 Å². The SMILES string of the molecule is CCc1nc2ccc(Br)cn2c1[N+](=O)[O-]. The van der Waals surface area contributed by atoms with Crippen LogP contribution < -0.4 is 0 Å². The highest BCUT2D eigenvalue weighted by atomic mass is 79.9. The summed E-state index contributed by atoms with van der Waals surface area (Å²) in [5.74, 6) is 0.0498. The van der Waals surface area contributed by atoms with Gasteiger partial charge in [0, 0.05) is 6.07 Å². The van der Waals surface area contributed by atoms with E-state index in [0.717, 1.165) is 4.47 Å². The van der Waals surface area contributed by atoms with Gasteiger partial charge < -0.3 is 10.1 Å². The fourth-order valence-electron chi connectivity index (χ4n) is 1.49. The summed E-state index contributed by atoms with van der Waals surface area (Å²) in [6.45, 7) is 1.85. The number of aromatic nitrogens is 2. The van der Waals surface area contributed by atoms with E-state index in [2.05, 4.69) is 20.9 Å². The van der Waals surface area contributed by atoms with Crippen molar-refractivity contribution in [2.45, 2.75) is 13.3 Å². The van der Waals surface area contributed by atoms with Gasteiger partial charge in [0.05, 0.1) is 4.47 Å². The second-order valence-corrected chi connectivity index (χ2v) is 3.98. The summed E-state index contributed by atoms with van der Waals surface area (Å²) in [7, 11) is 0. The van der Waals surface area contributed by atoms with Crippen molar-refractivity contribution in [3.63, 3.8) is 0 Å². The molecule has 0 amide bonds. The lowest BCUT2D eigenvalue weighted by molar-refractivity contribution is -0.391. The van der Waals surface area contributed by atoms with Crippen LogP contribution in [0.25, 0.3) is 5.65 Å². The van der Waals surface area contributed by atoms with E-state index in [4.69, 9.17) is 0 Å². The summed E-state index contributed by atoms with van der Waals surface area (Å²) in [5.41, 5.74) is 1.11. The highest BCUT2D eigenvalue weighted by molar-refractivity contribution is 9.10. The third-order valence-corrected chi connectivity index (χ3v) is 2.60. The van der Waals surface area contributed by atoms with Gasteiger partial charge in [-0.3, -0.25) is 0 Å². The average Bonchev–Trinajstić information content (AvgIpc) is 2.55. The lowest BCUT2D eigenvalue weighted by atomic mass is 10.3. The monoisotopic (exact) mass is 269 g/mol. The Morgan fingerprint density at radius 3 is 2.93 bits per heavy atom. The van der Waals surface area contributed by atoms with Gasteiger partial charge in [-0.05, 0) is 33.3 Å². The molecule has 0 unspecified atom stereocenters. The number of imidazole rings is 1. The van der Waals surface area contributed by atoms with Crippen molar-refractivity contribution in [3.05, 3.63) is 38.6 Å². The summed E-state index contributed by atoms with van der Waals surface area (Å²) in [6, 6.07) is 3.56. The van der Waals surface area contributed by atoms with E-state index in [0.29, 0.717) is 17.8 Å². The minimum Gasteiger partial charge on any atom is -0.358 e. The fraction of sp³-hybridized carbons (Fsp3) is 0.222. The van der Waals surface area contributed by atoms with Gasteiger partial charge in [-0.15, -0.1) is 0 Å². The molecule has 0 aliphatic carbocycles. The third-order valence-electron chi connectivity index (χ3n) is 2.13. The zero-order valence-electron chi connectivity index (χ0n) is 7.98. The molecule has 15 heavy (non-hydrogen) atoms. The molecule has 5 nitrogen and oxygen atoms in total. The van der Waals surface area contributed by atoms with Crippen LogP contribution in [0.2, 0.25) is 0 Å². The molecule has 2 aromatic rings. The molecule has 0 aliphatic heterocycles. The van der Waals surface area contributed by atoms with Gasteiger partial charge in [-0.2, -0.15) is 4.40 Å². The lowest BCUT2D eigenvalue weighted by Crippen LogP contribution is -1.96. The number of nitrogens with zero attached hydrogens (tertiary/aromatic N) is 3. The van der Waals surface area contributed by atoms with Crippen molar-refractivity contribution in [1.82, 2.24) is 9.38 Å². The number of hydrogen-bond acceptors (Lipinski definition) is 3. The summed E-state index contributed by atoms with van der Waals surface area (Å²) < 4.78 is 2.28. The Hall–Kier alpha value is -1.43. The van der Waals surface area contributed by atoms with E-state index in [-0.39, 0.29) is 5.82 Å². The Bertz CT molecular complexity index is 535. The summed E-state index contributed by atoms with van der Waals surface area (Å²) in [6.07, 6.45) is 2.20. The first kappa shape index (κ1) is 10.1. The molecule has 0 bridgehead atoms. The molecule has 2 aromatic heterocycles. The van der Waals surface area contributed by atoms with Crippen LogP contribution in [0.1, 0.15) is 12.6 Å². The Morgan fingerprint density at radius 1 is 1.60 bits per heavy atom. The number of aryl methyl sites for hydroxylation is 1. The average molecular weight is 270 g/mol. The number of pyridine rings is 1. The smallest absolute Gasteiger partial charge is 0.351 e. The van der Waals surface area contributed by atoms with E-state index in [1.54, 1.807) is 12.3 Å². The maximum atomic E-state index is 10.9. The van der Waals surface area contributed by atoms with Crippen molar-refractivity contribution in [1.29, 1.82) is 0 Å². The largest absolute Gasteiger partial charge is 0.358 e. The Kier molecular flexibility index (Phi) is 2.44. The maximum absolute atomic E-state index is 10.9. The fourth-order valence-corrected chi connectivity index (χ4v) is 1.82. The number of rotatable bonds is 2. The predicted octanol–water partition coefficient (Wildman–Crippen LogP) is 2.57. The van der Waals surface area contributed by atoms with Crippen LogP contribution in [-0.2, 0) is 6.42 Å². The predicted molar refractivity (Wildman–Crippen MR) is 58.9 cm³/mol. The number of nitro groups is 1. The molecule has 0 saturated heterocycles. The Balaban J connectivity index is 2.82. The molecule has 0 N–H and O–H groups in total. The van der Waals surface area contributed by atoms with E-state index >= 15 is 0 Å². The lowest BCUT2D eigenvalue weighted by Gasteiger charge is -1.95. The van der Waals surface area contributed by atoms with Crippen molar-refractivity contribution >= 4 is 27.4 Å². The van der Waals surface area contributed by atoms with Gasteiger partial charge in [0.15, 0.2) is 0 Å². The van der Waals surface area contributed by atoms with Crippen molar-refractivity contribution in [2.24, 2.45) is 0 Å². The Morgan fingerprint density at radius 2 is 2.33 bits per heavy atom. The molecule has 0 radical (unpaired) electrons. The number of halogens is 1. The molecule has 78 valence electrons. The molecule has 0 aliphatic rings. The first-order chi connectivity index (χ1) is 7.13. The molecule has 2 heterocycles. The van der Waals surface area contributed by atoms with Crippen molar-refractivity contribution in [2.75, 3.05) is 0 Å². The van der Waals surface area contributed by atoms with Gasteiger partial charge in [0.2, 0.25) is 5.65 Å². The van der Waals surface area contributed by atoms with Crippen LogP contribution in [0.3, 0.4) is 0 Å². The summed E-state index contributed by atoms with van der Waals surface area (Å²) in [4.78, 5) is 14.7. The molecule has 0 fully saturated rings. The zero-order chi connectivity index (χ0) is 11.0. The summed E-state index contributed by atoms with van der Waals surface area (Å²) in [5, 5.41) is 10.9. The minimum atomic E-state index is -0.398. The normalized spacial score (nSPS) is 10.8. The highest BCUT2D eigenvalue weighted by Crippen LogP contribution is 2.23. The molecular weight excluding hydrogens is 262 g/mol. The maximum Gasteiger partial charge on any atom is 0.351 e. The van der Waals surface area contributed by atoms with Gasteiger partial charge >= 0.3 is 5.82 Å². The van der Waals surface area contributed by atoms with Crippen LogP contribution in [0.15, 0.2) is 22.8 Å². The molecule has 2 rings (SSSR count). The molecule has 6 heteroatoms. The first-order valence-electron chi connectivity index (χ1n) is 4.44. The van der Waals surface area contributed by atoms with Gasteiger partial charge in [0.1, 0.15) is 11.9 Å². The molecule has 0 atom stereocenters. The third kappa shape index (κ3) is 1.61. The quantitative estimate of drug-likeness (QED) is 0.622. The van der Waals surface area contributed by atoms with Crippen molar-refractivity contribution < 1.29 is 4.92 Å². The van der Waals surface area contributed by atoms with Gasteiger partial charge in [0.25, 0.3) is 0 Å². The second-order valence-electron chi connectivity index (χ2n) is 3.07. The molecular formula is C9H8BrN3O2. The van der Waals surface area contributed by atoms with Crippen LogP contribution in [-0.4, -0.2) is 14.3 Å². The topological polar surface area (TPSA) is 60.4 Å². The molecule has 0 spiro atoms. The van der Waals surface area contributed by atoms with E-state index in [1.807, 2.05) is 13.0 Å². The second kappa shape index (κ2) is 3.62. The van der Waals surface area contributed by atoms with Crippen LogP contribution >= 0.6 is 15.9 Å². The summed E-state index contributed by atoms with van der Waals surface area (Å²) >= 11 is 3.28. The highest BCUT2D eigenvalue weighted by Gasteiger charge is 2.20. The minimum absolute atomic E-state index is 0.0498. The van der Waals surface area contributed by atoms with Crippen LogP contribution in [0, 0.1) is 10.1 Å². The molecule has 0 saturated carbocycles. The van der Waals surface area contributed by atoms with Gasteiger partial charge in [-0.1, -0.05) is 6.92 Å². The van der Waals surface area contributed by atoms with E-state index < -0.39 is 4.92 Å². The van der Waals surface area contributed by atoms with Crippen LogP contribution in [0.4, 0.5) is 5.82 Å². The first-order valence-corrected chi connectivity index (χ1v) is 5.23. The standard InChI is InChI=1S/C9H8BrN3O2/c1-2-7-9(13(14)15)12-5-6(10)3-4-8(12)11-7/h3-5H,2H2,1H3. The van der Waals surface area contributed by atoms with E-state index in [1.165, 1.54) is 4.40 Å².